The van der Waals surface area contributed by atoms with Crippen molar-refractivity contribution in [1.29, 1.82) is 0 Å². The number of benzene rings is 1. The van der Waals surface area contributed by atoms with E-state index in [0.29, 0.717) is 19.6 Å². The fraction of sp³-hybridized carbons (Fsp3) is 0.600. The van der Waals surface area contributed by atoms with Gasteiger partial charge in [0.15, 0.2) is 17.5 Å². The molecule has 0 aromatic heterocycles. The lowest BCUT2D eigenvalue weighted by atomic mass is 9.97. The molecule has 114 valence electrons. The summed E-state index contributed by atoms with van der Waals surface area (Å²) in [6.07, 6.45) is 1.30. The third kappa shape index (κ3) is 3.96. The summed E-state index contributed by atoms with van der Waals surface area (Å²) < 4.78 is 46.0. The molecule has 0 fully saturated rings. The highest BCUT2D eigenvalue weighted by Crippen LogP contribution is 2.27. The van der Waals surface area contributed by atoms with Crippen LogP contribution in [0.5, 0.6) is 0 Å². The quantitative estimate of drug-likeness (QED) is 0.731. The molecular weight excluding hydrogens is 267 g/mol. The van der Waals surface area contributed by atoms with Gasteiger partial charge in [0.2, 0.25) is 0 Å². The summed E-state index contributed by atoms with van der Waals surface area (Å²) in [6.45, 7) is 6.79. The van der Waals surface area contributed by atoms with E-state index in [4.69, 9.17) is 4.74 Å². The zero-order valence-electron chi connectivity index (χ0n) is 12.2. The maximum Gasteiger partial charge on any atom is 0.194 e. The minimum absolute atomic E-state index is 0.109. The van der Waals surface area contributed by atoms with Crippen LogP contribution in [0.15, 0.2) is 12.1 Å². The molecule has 0 aliphatic rings. The summed E-state index contributed by atoms with van der Waals surface area (Å²) in [7, 11) is 0. The van der Waals surface area contributed by atoms with Gasteiger partial charge in [-0.25, -0.2) is 13.2 Å². The van der Waals surface area contributed by atoms with Crippen LogP contribution in [0.2, 0.25) is 0 Å². The van der Waals surface area contributed by atoms with Crippen molar-refractivity contribution in [1.82, 2.24) is 5.32 Å². The van der Waals surface area contributed by atoms with Gasteiger partial charge in [0.25, 0.3) is 0 Å². The Kier molecular flexibility index (Phi) is 7.02. The van der Waals surface area contributed by atoms with E-state index in [9.17, 15) is 13.2 Å². The van der Waals surface area contributed by atoms with Gasteiger partial charge < -0.3 is 10.1 Å². The predicted molar refractivity (Wildman–Crippen MR) is 73.1 cm³/mol. The van der Waals surface area contributed by atoms with E-state index < -0.39 is 23.5 Å². The zero-order chi connectivity index (χ0) is 15.1. The van der Waals surface area contributed by atoms with Gasteiger partial charge in [0, 0.05) is 12.2 Å². The van der Waals surface area contributed by atoms with E-state index >= 15 is 0 Å². The Hall–Kier alpha value is -1.07. The molecule has 2 unspecified atom stereocenters. The molecule has 0 heterocycles. The molecule has 1 N–H and O–H groups in total. The van der Waals surface area contributed by atoms with Crippen LogP contribution < -0.4 is 5.32 Å². The first-order chi connectivity index (χ1) is 9.56. The summed E-state index contributed by atoms with van der Waals surface area (Å²) in [4.78, 5) is 0. The minimum Gasteiger partial charge on any atom is -0.377 e. The molecule has 0 saturated heterocycles. The lowest BCUT2D eigenvalue weighted by Crippen LogP contribution is -2.35. The van der Waals surface area contributed by atoms with Crippen LogP contribution in [0.25, 0.3) is 0 Å². The Morgan fingerprint density at radius 3 is 2.35 bits per heavy atom. The smallest absolute Gasteiger partial charge is 0.194 e. The van der Waals surface area contributed by atoms with Crippen molar-refractivity contribution in [2.75, 3.05) is 13.2 Å². The van der Waals surface area contributed by atoms with Crippen molar-refractivity contribution >= 4 is 0 Å². The van der Waals surface area contributed by atoms with Crippen LogP contribution in [-0.2, 0) is 4.74 Å². The fourth-order valence-electron chi connectivity index (χ4n) is 2.29. The molecule has 0 amide bonds. The van der Waals surface area contributed by atoms with Gasteiger partial charge in [-0.15, -0.1) is 0 Å². The summed E-state index contributed by atoms with van der Waals surface area (Å²) in [6, 6.07) is 1.74. The van der Waals surface area contributed by atoms with Crippen LogP contribution in [0.3, 0.4) is 0 Å². The second kappa shape index (κ2) is 8.27. The first-order valence-electron chi connectivity index (χ1n) is 7.05. The Bertz CT molecular complexity index is 420. The molecule has 0 bridgehead atoms. The third-order valence-electron chi connectivity index (χ3n) is 3.15. The van der Waals surface area contributed by atoms with E-state index in [1.807, 2.05) is 20.8 Å². The van der Waals surface area contributed by atoms with Gasteiger partial charge in [-0.05, 0) is 26.0 Å². The summed E-state index contributed by atoms with van der Waals surface area (Å²) >= 11 is 0. The average molecular weight is 289 g/mol. The lowest BCUT2D eigenvalue weighted by molar-refractivity contribution is 0.0269. The molecular formula is C15H22F3NO. The van der Waals surface area contributed by atoms with Crippen molar-refractivity contribution in [3.05, 3.63) is 35.1 Å². The van der Waals surface area contributed by atoms with Gasteiger partial charge in [0.1, 0.15) is 0 Å². The maximum absolute atomic E-state index is 14.0. The third-order valence-corrected chi connectivity index (χ3v) is 3.15. The Morgan fingerprint density at radius 2 is 1.80 bits per heavy atom. The molecule has 5 heteroatoms. The Balaban J connectivity index is 3.14. The van der Waals surface area contributed by atoms with Crippen LogP contribution in [0.1, 0.15) is 45.2 Å². The van der Waals surface area contributed by atoms with Crippen LogP contribution in [0, 0.1) is 17.5 Å². The molecule has 0 aliphatic carbocycles. The summed E-state index contributed by atoms with van der Waals surface area (Å²) in [5.41, 5.74) is 0.109. The highest BCUT2D eigenvalue weighted by atomic mass is 19.2. The van der Waals surface area contributed by atoms with Crippen molar-refractivity contribution in [3.63, 3.8) is 0 Å². The highest BCUT2D eigenvalue weighted by molar-refractivity contribution is 5.24. The normalized spacial score (nSPS) is 14.3. The molecule has 20 heavy (non-hydrogen) atoms. The summed E-state index contributed by atoms with van der Waals surface area (Å²) in [5, 5.41) is 3.10. The van der Waals surface area contributed by atoms with Crippen molar-refractivity contribution < 1.29 is 17.9 Å². The van der Waals surface area contributed by atoms with Crippen LogP contribution in [-0.4, -0.2) is 19.3 Å². The number of likely N-dealkylation sites (N-methyl/N-ethyl adjacent to an activating group) is 1. The number of hydrogen-bond acceptors (Lipinski definition) is 2. The van der Waals surface area contributed by atoms with Crippen molar-refractivity contribution in [3.8, 4) is 0 Å². The number of halogens is 3. The average Bonchev–Trinajstić information content (AvgIpc) is 2.43. The Morgan fingerprint density at radius 1 is 1.10 bits per heavy atom. The van der Waals surface area contributed by atoms with E-state index in [2.05, 4.69) is 5.32 Å². The Labute approximate surface area is 118 Å². The van der Waals surface area contributed by atoms with Crippen LogP contribution in [0.4, 0.5) is 13.2 Å². The largest absolute Gasteiger partial charge is 0.377 e. The number of nitrogens with one attached hydrogen (secondary N) is 1. The fourth-order valence-corrected chi connectivity index (χ4v) is 2.29. The molecule has 0 radical (unpaired) electrons. The standard InChI is InChI=1S/C15H22F3NO/c1-4-7-12(20-6-3)15(19-5-2)10-8-9-11(16)14(18)13(10)17/h8-9,12,15,19H,4-7H2,1-3H3. The van der Waals surface area contributed by atoms with Crippen molar-refractivity contribution in [2.24, 2.45) is 0 Å². The first-order valence-corrected chi connectivity index (χ1v) is 7.05. The molecule has 1 aromatic carbocycles. The van der Waals surface area contributed by atoms with Gasteiger partial charge >= 0.3 is 0 Å². The molecule has 1 aromatic rings. The van der Waals surface area contributed by atoms with Gasteiger partial charge in [-0.1, -0.05) is 26.3 Å². The van der Waals surface area contributed by atoms with Gasteiger partial charge in [0.05, 0.1) is 12.1 Å². The lowest BCUT2D eigenvalue weighted by Gasteiger charge is -2.28. The number of ether oxygens (including phenoxy) is 1. The SMILES string of the molecule is CCCC(OCC)C(NCC)c1ccc(F)c(F)c1F. The topological polar surface area (TPSA) is 21.3 Å². The second-order valence-corrected chi connectivity index (χ2v) is 4.58. The number of hydrogen-bond donors (Lipinski definition) is 1. The first kappa shape index (κ1) is 17.0. The van der Waals surface area contributed by atoms with Gasteiger partial charge in [-0.2, -0.15) is 0 Å². The molecule has 2 atom stereocenters. The van der Waals surface area contributed by atoms with E-state index in [1.54, 1.807) is 0 Å². The van der Waals surface area contributed by atoms with Crippen LogP contribution >= 0.6 is 0 Å². The second-order valence-electron chi connectivity index (χ2n) is 4.58. The van der Waals surface area contributed by atoms with E-state index in [0.717, 1.165) is 12.5 Å². The molecule has 2 nitrogen and oxygen atoms in total. The molecule has 0 aliphatic heterocycles. The predicted octanol–water partition coefficient (Wildman–Crippen LogP) is 3.96. The molecule has 1 rings (SSSR count). The van der Waals surface area contributed by atoms with E-state index in [1.165, 1.54) is 6.07 Å². The van der Waals surface area contributed by atoms with E-state index in [-0.39, 0.29) is 11.7 Å². The number of rotatable bonds is 8. The van der Waals surface area contributed by atoms with Crippen molar-refractivity contribution in [2.45, 2.75) is 45.8 Å². The highest BCUT2D eigenvalue weighted by Gasteiger charge is 2.27. The monoisotopic (exact) mass is 289 g/mol. The minimum atomic E-state index is -1.43. The summed E-state index contributed by atoms with van der Waals surface area (Å²) in [5.74, 6) is -3.75. The molecule has 0 spiro atoms. The maximum atomic E-state index is 14.0. The zero-order valence-corrected chi connectivity index (χ0v) is 12.2. The molecule has 0 saturated carbocycles. The van der Waals surface area contributed by atoms with Gasteiger partial charge in [-0.3, -0.25) is 0 Å².